The lowest BCUT2D eigenvalue weighted by Gasteiger charge is -2.30. The number of para-hydroxylation sites is 1. The second kappa shape index (κ2) is 11.7. The predicted octanol–water partition coefficient (Wildman–Crippen LogP) is 3.90. The van der Waals surface area contributed by atoms with Crippen LogP contribution in [0.1, 0.15) is 54.6 Å². The summed E-state index contributed by atoms with van der Waals surface area (Å²) in [5.74, 6) is -1.36. The molecule has 0 fully saturated rings. The minimum Gasteiger partial charge on any atom is -0.444 e. The smallest absolute Gasteiger partial charge is 0.408 e. The van der Waals surface area contributed by atoms with Gasteiger partial charge in [0.2, 0.25) is 0 Å². The number of hydrogen-bond donors (Lipinski definition) is 3. The number of ether oxygens (including phenoxy) is 1. The molecule has 3 amide bonds. The number of aliphatic hydroxyl groups excluding tert-OH is 1. The van der Waals surface area contributed by atoms with Gasteiger partial charge in [0, 0.05) is 11.7 Å². The second-order valence-electron chi connectivity index (χ2n) is 9.80. The number of anilines is 1. The number of benzene rings is 2. The molecule has 0 aliphatic heterocycles. The van der Waals surface area contributed by atoms with Gasteiger partial charge in [-0.2, -0.15) is 0 Å². The molecule has 0 saturated carbocycles. The van der Waals surface area contributed by atoms with E-state index in [4.69, 9.17) is 11.2 Å². The molecule has 2 atom stereocenters. The van der Waals surface area contributed by atoms with Crippen LogP contribution >= 0.6 is 0 Å². The Balaban J connectivity index is 2.50. The zero-order chi connectivity index (χ0) is 27.2. The van der Waals surface area contributed by atoms with Crippen LogP contribution in [0.5, 0.6) is 0 Å². The summed E-state index contributed by atoms with van der Waals surface area (Å²) in [5.41, 5.74) is 3.76. The molecule has 0 aromatic heterocycles. The van der Waals surface area contributed by atoms with Crippen molar-refractivity contribution in [1.29, 1.82) is 0 Å². The molecule has 2 unspecified atom stereocenters. The van der Waals surface area contributed by atoms with Crippen molar-refractivity contribution in [2.75, 3.05) is 11.9 Å². The van der Waals surface area contributed by atoms with Crippen molar-refractivity contribution in [2.24, 2.45) is 0 Å². The molecule has 36 heavy (non-hydrogen) atoms. The molecule has 0 aliphatic carbocycles. The number of carbonyl (C=O) groups is 3. The highest BCUT2D eigenvalue weighted by atomic mass is 16.6. The summed E-state index contributed by atoms with van der Waals surface area (Å²) in [6.07, 6.45) is 4.86. The van der Waals surface area contributed by atoms with Crippen molar-refractivity contribution in [3.05, 3.63) is 64.2 Å². The number of alkyl carbamates (subject to hydrolysis) is 1. The SMILES string of the molecule is C#CN(C(=O)C(CO)NC(=O)OC(C)(C)C)C(C(=O)Nc1c(C)cccc1C)c1cc(C)cc(C)c1. The number of rotatable bonds is 7. The number of aryl methyl sites for hydroxylation is 4. The minimum atomic E-state index is -1.42. The number of aliphatic hydroxyl groups is 1. The molecule has 0 saturated heterocycles. The van der Waals surface area contributed by atoms with Gasteiger partial charge in [-0.25, -0.2) is 4.79 Å². The fraction of sp³-hybridized carbons (Fsp3) is 0.393. The van der Waals surface area contributed by atoms with Crippen LogP contribution in [-0.4, -0.2) is 46.2 Å². The largest absolute Gasteiger partial charge is 0.444 e. The number of carbonyl (C=O) groups excluding carboxylic acids is 3. The number of nitrogens with zero attached hydrogens (tertiary/aromatic N) is 1. The van der Waals surface area contributed by atoms with Crippen LogP contribution < -0.4 is 10.6 Å². The van der Waals surface area contributed by atoms with Crippen molar-refractivity contribution in [2.45, 2.75) is 66.2 Å². The maximum atomic E-state index is 13.7. The first kappa shape index (κ1) is 28.4. The molecule has 0 aliphatic rings. The minimum absolute atomic E-state index is 0.497. The summed E-state index contributed by atoms with van der Waals surface area (Å²) in [6.45, 7) is 11.8. The molecule has 2 aromatic rings. The van der Waals surface area contributed by atoms with Crippen LogP contribution in [0.4, 0.5) is 10.5 Å². The normalized spacial score (nSPS) is 12.6. The molecule has 0 spiro atoms. The van der Waals surface area contributed by atoms with E-state index < -0.39 is 42.2 Å². The lowest BCUT2D eigenvalue weighted by Crippen LogP contribution is -2.52. The molecule has 3 N–H and O–H groups in total. The van der Waals surface area contributed by atoms with Gasteiger partial charge in [-0.1, -0.05) is 53.9 Å². The molecular weight excluding hydrogens is 458 g/mol. The summed E-state index contributed by atoms with van der Waals surface area (Å²) >= 11 is 0. The highest BCUT2D eigenvalue weighted by Crippen LogP contribution is 2.28. The van der Waals surface area contributed by atoms with Gasteiger partial charge in [0.1, 0.15) is 17.7 Å². The average Bonchev–Trinajstić information content (AvgIpc) is 2.75. The molecule has 2 aromatic carbocycles. The van der Waals surface area contributed by atoms with Gasteiger partial charge in [-0.15, -0.1) is 0 Å². The summed E-state index contributed by atoms with van der Waals surface area (Å²) in [4.78, 5) is 40.3. The lowest BCUT2D eigenvalue weighted by molar-refractivity contribution is -0.137. The molecular formula is C28H35N3O5. The topological polar surface area (TPSA) is 108 Å². The third kappa shape index (κ3) is 7.33. The van der Waals surface area contributed by atoms with Gasteiger partial charge in [0.25, 0.3) is 11.8 Å². The van der Waals surface area contributed by atoms with E-state index in [-0.39, 0.29) is 0 Å². The fourth-order valence-electron chi connectivity index (χ4n) is 3.86. The molecule has 0 bridgehead atoms. The van der Waals surface area contributed by atoms with Crippen molar-refractivity contribution >= 4 is 23.6 Å². The fourth-order valence-corrected chi connectivity index (χ4v) is 3.86. The van der Waals surface area contributed by atoms with Crippen LogP contribution in [0, 0.1) is 40.2 Å². The van der Waals surface area contributed by atoms with E-state index in [1.165, 1.54) is 0 Å². The van der Waals surface area contributed by atoms with E-state index in [2.05, 4.69) is 16.7 Å². The molecule has 2 rings (SSSR count). The Bertz CT molecular complexity index is 1140. The molecule has 0 radical (unpaired) electrons. The first-order valence-electron chi connectivity index (χ1n) is 11.6. The Morgan fingerprint density at radius 2 is 1.61 bits per heavy atom. The predicted molar refractivity (Wildman–Crippen MR) is 139 cm³/mol. The Morgan fingerprint density at radius 3 is 2.08 bits per heavy atom. The third-order valence-electron chi connectivity index (χ3n) is 5.34. The standard InChI is InChI=1S/C28H35N3O5/c1-9-31(26(34)22(16-32)29-27(35)36-28(6,7)8)24(21-14-17(2)13-18(3)15-21)25(33)30-23-19(4)11-10-12-20(23)5/h1,10-15,22,24,32H,16H2,2-8H3,(H,29,35)(H,30,33). The van der Waals surface area contributed by atoms with Crippen LogP contribution in [0.2, 0.25) is 0 Å². The van der Waals surface area contributed by atoms with E-state index in [1.807, 2.05) is 52.0 Å². The van der Waals surface area contributed by atoms with Crippen molar-refractivity contribution < 1.29 is 24.2 Å². The first-order chi connectivity index (χ1) is 16.8. The lowest BCUT2D eigenvalue weighted by atomic mass is 9.98. The van der Waals surface area contributed by atoms with Gasteiger partial charge in [-0.3, -0.25) is 14.5 Å². The van der Waals surface area contributed by atoms with E-state index >= 15 is 0 Å². The van der Waals surface area contributed by atoms with Crippen molar-refractivity contribution in [3.63, 3.8) is 0 Å². The van der Waals surface area contributed by atoms with Gasteiger partial charge < -0.3 is 20.5 Å². The Morgan fingerprint density at radius 1 is 1.06 bits per heavy atom. The van der Waals surface area contributed by atoms with E-state index in [1.54, 1.807) is 32.9 Å². The van der Waals surface area contributed by atoms with E-state index in [9.17, 15) is 19.5 Å². The van der Waals surface area contributed by atoms with Gasteiger partial charge in [0.15, 0.2) is 0 Å². The highest BCUT2D eigenvalue weighted by molar-refractivity contribution is 6.00. The number of amides is 3. The molecule has 0 heterocycles. The van der Waals surface area contributed by atoms with Crippen LogP contribution in [-0.2, 0) is 14.3 Å². The Labute approximate surface area is 213 Å². The highest BCUT2D eigenvalue weighted by Gasteiger charge is 2.36. The summed E-state index contributed by atoms with van der Waals surface area (Å²) in [7, 11) is 0. The van der Waals surface area contributed by atoms with E-state index in [0.717, 1.165) is 27.2 Å². The van der Waals surface area contributed by atoms with Gasteiger partial charge >= 0.3 is 6.09 Å². The maximum Gasteiger partial charge on any atom is 0.408 e. The number of nitrogens with one attached hydrogen (secondary N) is 2. The number of hydrogen-bond acceptors (Lipinski definition) is 5. The average molecular weight is 494 g/mol. The maximum absolute atomic E-state index is 13.7. The van der Waals surface area contributed by atoms with E-state index in [0.29, 0.717) is 11.3 Å². The van der Waals surface area contributed by atoms with Crippen LogP contribution in [0.15, 0.2) is 36.4 Å². The summed E-state index contributed by atoms with van der Waals surface area (Å²) in [5, 5.41) is 15.1. The summed E-state index contributed by atoms with van der Waals surface area (Å²) < 4.78 is 5.20. The van der Waals surface area contributed by atoms with Crippen molar-refractivity contribution in [1.82, 2.24) is 10.2 Å². The third-order valence-corrected chi connectivity index (χ3v) is 5.34. The Hall–Kier alpha value is -3.83. The monoisotopic (exact) mass is 493 g/mol. The quantitative estimate of drug-likeness (QED) is 0.400. The molecule has 8 nitrogen and oxygen atoms in total. The van der Waals surface area contributed by atoms with Gasteiger partial charge in [0.05, 0.1) is 6.61 Å². The zero-order valence-corrected chi connectivity index (χ0v) is 21.9. The van der Waals surface area contributed by atoms with Crippen LogP contribution in [0.25, 0.3) is 0 Å². The van der Waals surface area contributed by atoms with Gasteiger partial charge in [-0.05, 0) is 65.2 Å². The zero-order valence-electron chi connectivity index (χ0n) is 21.9. The number of terminal acetylenes is 1. The first-order valence-corrected chi connectivity index (χ1v) is 11.6. The van der Waals surface area contributed by atoms with Crippen LogP contribution in [0.3, 0.4) is 0 Å². The molecule has 8 heteroatoms. The Kier molecular flexibility index (Phi) is 9.26. The second-order valence-corrected chi connectivity index (χ2v) is 9.80. The summed E-state index contributed by atoms with van der Waals surface area (Å²) in [6, 6.07) is 10.7. The molecule has 192 valence electrons. The van der Waals surface area contributed by atoms with Crippen molar-refractivity contribution in [3.8, 4) is 12.5 Å².